The third-order valence-electron chi connectivity index (χ3n) is 1.66. The zero-order valence-corrected chi connectivity index (χ0v) is 10.5. The number of methoxy groups -OCH3 is 1. The molecular weight excluding hydrogens is 260 g/mol. The molecule has 4 heteroatoms. The average Bonchev–Trinajstić information content (AvgIpc) is 2.14. The summed E-state index contributed by atoms with van der Waals surface area (Å²) in [6.07, 6.45) is 0.0739. The minimum absolute atomic E-state index is 0.0739. The van der Waals surface area contributed by atoms with Crippen molar-refractivity contribution < 1.29 is 14.3 Å². The summed E-state index contributed by atoms with van der Waals surface area (Å²) in [5.41, 5.74) is 0.475. The predicted molar refractivity (Wildman–Crippen MR) is 61.2 cm³/mol. The molecule has 1 aromatic carbocycles. The van der Waals surface area contributed by atoms with Crippen LogP contribution >= 0.6 is 15.9 Å². The Hall–Kier alpha value is -1.03. The van der Waals surface area contributed by atoms with Gasteiger partial charge in [-0.15, -0.1) is 0 Å². The van der Waals surface area contributed by atoms with E-state index in [0.29, 0.717) is 11.3 Å². The normalized spacial score (nSPS) is 10.2. The van der Waals surface area contributed by atoms with Gasteiger partial charge in [0.05, 0.1) is 18.8 Å². The van der Waals surface area contributed by atoms with Crippen molar-refractivity contribution in [3.05, 3.63) is 28.2 Å². The van der Waals surface area contributed by atoms with Crippen molar-refractivity contribution in [2.45, 2.75) is 20.0 Å². The average molecular weight is 273 g/mol. The van der Waals surface area contributed by atoms with E-state index in [1.54, 1.807) is 12.1 Å². The van der Waals surface area contributed by atoms with Crippen LogP contribution in [0.5, 0.6) is 5.75 Å². The molecule has 82 valence electrons. The van der Waals surface area contributed by atoms with Crippen molar-refractivity contribution in [3.8, 4) is 5.75 Å². The maximum atomic E-state index is 11.3. The van der Waals surface area contributed by atoms with Crippen molar-refractivity contribution in [1.29, 1.82) is 0 Å². The minimum atomic E-state index is -0.370. The number of rotatable bonds is 3. The van der Waals surface area contributed by atoms with Gasteiger partial charge in [-0.2, -0.15) is 0 Å². The van der Waals surface area contributed by atoms with Crippen LogP contribution in [0.2, 0.25) is 0 Å². The molecule has 1 aromatic rings. The number of carbonyl (C=O) groups excluding carboxylic acids is 1. The minimum Gasteiger partial charge on any atom is -0.491 e. The van der Waals surface area contributed by atoms with Gasteiger partial charge in [0, 0.05) is 4.47 Å². The summed E-state index contributed by atoms with van der Waals surface area (Å²) in [4.78, 5) is 11.3. The van der Waals surface area contributed by atoms with E-state index >= 15 is 0 Å². The highest BCUT2D eigenvalue weighted by molar-refractivity contribution is 9.10. The van der Waals surface area contributed by atoms with E-state index in [1.807, 2.05) is 19.9 Å². The molecule has 0 saturated heterocycles. The number of carbonyl (C=O) groups is 1. The lowest BCUT2D eigenvalue weighted by molar-refractivity contribution is 0.0600. The molecule has 0 aliphatic rings. The van der Waals surface area contributed by atoms with Crippen molar-refractivity contribution in [2.75, 3.05) is 7.11 Å². The number of hydrogen-bond donors (Lipinski definition) is 0. The highest BCUT2D eigenvalue weighted by atomic mass is 79.9. The van der Waals surface area contributed by atoms with Crippen molar-refractivity contribution >= 4 is 21.9 Å². The molecule has 3 nitrogen and oxygen atoms in total. The topological polar surface area (TPSA) is 35.5 Å². The second-order valence-corrected chi connectivity index (χ2v) is 4.25. The van der Waals surface area contributed by atoms with Crippen molar-refractivity contribution in [3.63, 3.8) is 0 Å². The van der Waals surface area contributed by atoms with E-state index in [1.165, 1.54) is 7.11 Å². The van der Waals surface area contributed by atoms with E-state index in [0.717, 1.165) is 4.47 Å². The zero-order chi connectivity index (χ0) is 11.4. The molecule has 15 heavy (non-hydrogen) atoms. The second kappa shape index (κ2) is 5.16. The van der Waals surface area contributed by atoms with Gasteiger partial charge in [0.15, 0.2) is 0 Å². The lowest BCUT2D eigenvalue weighted by Gasteiger charge is -2.11. The Balaban J connectivity index is 2.99. The fourth-order valence-electron chi connectivity index (χ4n) is 1.14. The number of hydrogen-bond acceptors (Lipinski definition) is 3. The summed E-state index contributed by atoms with van der Waals surface area (Å²) in [5.74, 6) is 0.282. The van der Waals surface area contributed by atoms with Crippen LogP contribution in [-0.2, 0) is 4.74 Å². The number of ether oxygens (including phenoxy) is 2. The van der Waals surface area contributed by atoms with Crippen LogP contribution in [0.1, 0.15) is 24.2 Å². The molecule has 0 unspecified atom stereocenters. The van der Waals surface area contributed by atoms with E-state index < -0.39 is 0 Å². The second-order valence-electron chi connectivity index (χ2n) is 3.33. The maximum Gasteiger partial charge on any atom is 0.338 e. The molecule has 0 spiro atoms. The molecule has 0 N–H and O–H groups in total. The van der Waals surface area contributed by atoms with Gasteiger partial charge < -0.3 is 9.47 Å². The van der Waals surface area contributed by atoms with Crippen LogP contribution in [0.4, 0.5) is 0 Å². The van der Waals surface area contributed by atoms with E-state index in [4.69, 9.17) is 4.74 Å². The van der Waals surface area contributed by atoms with Gasteiger partial charge in [0.2, 0.25) is 0 Å². The molecular formula is C11H13BrO3. The highest BCUT2D eigenvalue weighted by Crippen LogP contribution is 2.22. The Labute approximate surface area is 97.5 Å². The van der Waals surface area contributed by atoms with E-state index in [-0.39, 0.29) is 12.1 Å². The molecule has 0 bridgehead atoms. The quantitative estimate of drug-likeness (QED) is 0.794. The Morgan fingerprint density at radius 3 is 2.53 bits per heavy atom. The molecule has 0 heterocycles. The van der Waals surface area contributed by atoms with Crippen LogP contribution in [0.3, 0.4) is 0 Å². The molecule has 0 fully saturated rings. The molecule has 0 atom stereocenters. The smallest absolute Gasteiger partial charge is 0.338 e. The van der Waals surface area contributed by atoms with Gasteiger partial charge in [-0.25, -0.2) is 4.79 Å². The Bertz CT molecular complexity index is 361. The molecule has 0 aliphatic carbocycles. The largest absolute Gasteiger partial charge is 0.491 e. The van der Waals surface area contributed by atoms with Crippen LogP contribution < -0.4 is 4.74 Å². The molecule has 0 aliphatic heterocycles. The lowest BCUT2D eigenvalue weighted by Crippen LogP contribution is -2.07. The van der Waals surface area contributed by atoms with Gasteiger partial charge in [-0.05, 0) is 32.0 Å². The molecule has 0 radical (unpaired) electrons. The van der Waals surface area contributed by atoms with Gasteiger partial charge in [-0.3, -0.25) is 0 Å². The summed E-state index contributed by atoms with van der Waals surface area (Å²) in [5, 5.41) is 0. The highest BCUT2D eigenvalue weighted by Gasteiger charge is 2.09. The third-order valence-corrected chi connectivity index (χ3v) is 2.12. The first-order valence-electron chi connectivity index (χ1n) is 4.58. The first-order chi connectivity index (χ1) is 7.02. The zero-order valence-electron chi connectivity index (χ0n) is 8.91. The van der Waals surface area contributed by atoms with Gasteiger partial charge >= 0.3 is 5.97 Å². The Kier molecular flexibility index (Phi) is 4.15. The van der Waals surface area contributed by atoms with Crippen molar-refractivity contribution in [1.82, 2.24) is 0 Å². The Morgan fingerprint density at radius 1 is 1.33 bits per heavy atom. The summed E-state index contributed by atoms with van der Waals surface area (Å²) >= 11 is 3.31. The van der Waals surface area contributed by atoms with Crippen LogP contribution in [0, 0.1) is 0 Å². The fourth-order valence-corrected chi connectivity index (χ4v) is 1.61. The van der Waals surface area contributed by atoms with Gasteiger partial charge in [-0.1, -0.05) is 15.9 Å². The lowest BCUT2D eigenvalue weighted by atomic mass is 10.2. The van der Waals surface area contributed by atoms with Gasteiger partial charge in [0.1, 0.15) is 5.75 Å². The first-order valence-corrected chi connectivity index (χ1v) is 5.38. The standard InChI is InChI=1S/C11H13BrO3/c1-7(2)15-10-5-8(11(13)14-3)4-9(12)6-10/h4-7H,1-3H3. The fraction of sp³-hybridized carbons (Fsp3) is 0.364. The van der Waals surface area contributed by atoms with Crippen LogP contribution in [0.15, 0.2) is 22.7 Å². The summed E-state index contributed by atoms with van der Waals surface area (Å²) < 4.78 is 10.9. The van der Waals surface area contributed by atoms with Crippen LogP contribution in [-0.4, -0.2) is 19.2 Å². The summed E-state index contributed by atoms with van der Waals surface area (Å²) in [6, 6.07) is 5.17. The first kappa shape index (κ1) is 12.0. The van der Waals surface area contributed by atoms with Gasteiger partial charge in [0.25, 0.3) is 0 Å². The predicted octanol–water partition coefficient (Wildman–Crippen LogP) is 3.02. The molecule has 0 saturated carbocycles. The number of esters is 1. The van der Waals surface area contributed by atoms with Crippen LogP contribution in [0.25, 0.3) is 0 Å². The maximum absolute atomic E-state index is 11.3. The van der Waals surface area contributed by atoms with Crippen molar-refractivity contribution in [2.24, 2.45) is 0 Å². The Morgan fingerprint density at radius 2 is 2.00 bits per heavy atom. The van der Waals surface area contributed by atoms with E-state index in [2.05, 4.69) is 20.7 Å². The number of benzene rings is 1. The molecule has 1 rings (SSSR count). The molecule has 0 aromatic heterocycles. The monoisotopic (exact) mass is 272 g/mol. The number of halogens is 1. The summed E-state index contributed by atoms with van der Waals surface area (Å²) in [7, 11) is 1.35. The SMILES string of the molecule is COC(=O)c1cc(Br)cc(OC(C)C)c1. The summed E-state index contributed by atoms with van der Waals surface area (Å²) in [6.45, 7) is 3.86. The molecule has 0 amide bonds. The third kappa shape index (κ3) is 3.55. The van der Waals surface area contributed by atoms with E-state index in [9.17, 15) is 4.79 Å².